The number of nitrogens with zero attached hydrogens (tertiary/aromatic N) is 1. The van der Waals surface area contributed by atoms with Crippen LogP contribution in [-0.2, 0) is 0 Å². The fraction of sp³-hybridized carbons (Fsp3) is 0.286. The van der Waals surface area contributed by atoms with Crippen molar-refractivity contribution in [2.75, 3.05) is 6.61 Å². The summed E-state index contributed by atoms with van der Waals surface area (Å²) in [5, 5.41) is 0. The fourth-order valence-corrected chi connectivity index (χ4v) is 0.555. The normalized spacial score (nSPS) is 15.1. The van der Waals surface area contributed by atoms with E-state index in [4.69, 9.17) is 8.85 Å². The van der Waals surface area contributed by atoms with Gasteiger partial charge in [-0.15, -0.1) is 0 Å². The maximum atomic E-state index is 12.5. The van der Waals surface area contributed by atoms with Crippen LogP contribution in [0.5, 0.6) is 5.75 Å². The quantitative estimate of drug-likeness (QED) is 0.629. The lowest BCUT2D eigenvalue weighted by atomic mass is 10.4. The van der Waals surface area contributed by atoms with Gasteiger partial charge in [0.15, 0.2) is 0 Å². The van der Waals surface area contributed by atoms with E-state index in [1.807, 2.05) is 0 Å². The van der Waals surface area contributed by atoms with Gasteiger partial charge in [-0.05, 0) is 6.85 Å². The molecule has 0 amide bonds. The molecule has 0 bridgehead atoms. The summed E-state index contributed by atoms with van der Waals surface area (Å²) in [6, 6.07) is 1.08. The van der Waals surface area contributed by atoms with E-state index < -0.39 is 19.3 Å². The molecule has 0 aliphatic heterocycles. The smallest absolute Gasteiger partial charge is 0.145 e. The zero-order valence-corrected chi connectivity index (χ0v) is 5.17. The number of aromatic nitrogens is 1. The minimum atomic E-state index is -2.17. The van der Waals surface area contributed by atoms with Gasteiger partial charge in [-0.2, -0.15) is 0 Å². The topological polar surface area (TPSA) is 22.1 Å². The van der Waals surface area contributed by atoms with Crippen molar-refractivity contribution in [2.45, 2.75) is 6.85 Å². The van der Waals surface area contributed by atoms with Crippen molar-refractivity contribution in [3.05, 3.63) is 24.3 Å². The average Bonchev–Trinajstić information content (AvgIpc) is 2.00. The molecule has 10 heavy (non-hydrogen) atoms. The van der Waals surface area contributed by atoms with Crippen molar-refractivity contribution in [1.29, 1.82) is 0 Å². The molecule has 0 unspecified atom stereocenters. The number of pyridine rings is 1. The molecule has 0 aliphatic carbocycles. The largest absolute Gasteiger partial charge is 0.492 e. The first kappa shape index (κ1) is 3.91. The Morgan fingerprint density at radius 1 is 1.80 bits per heavy atom. The van der Waals surface area contributed by atoms with Crippen LogP contribution in [0.3, 0.4) is 0 Å². The molecular weight excluding hydrogens is 133 g/mol. The Balaban J connectivity index is 2.55. The van der Waals surface area contributed by atoms with Crippen molar-refractivity contribution < 1.29 is 13.2 Å². The number of rotatable bonds is 2. The molecule has 0 saturated heterocycles. The van der Waals surface area contributed by atoms with Gasteiger partial charge in [0, 0.05) is 10.2 Å². The summed E-state index contributed by atoms with van der Waals surface area (Å²) in [5.41, 5.74) is 0. The van der Waals surface area contributed by atoms with E-state index >= 15 is 0 Å². The monoisotopic (exact) mass is 144 g/mol. The third kappa shape index (κ3) is 1.69. The van der Waals surface area contributed by atoms with Gasteiger partial charge in [-0.1, -0.05) is 0 Å². The van der Waals surface area contributed by atoms with E-state index in [9.17, 15) is 4.39 Å². The lowest BCUT2D eigenvalue weighted by Crippen LogP contribution is -1.92. The zero-order valence-electron chi connectivity index (χ0n) is 8.17. The highest BCUT2D eigenvalue weighted by Gasteiger charge is 1.93. The number of hydrogen-bond donors (Lipinski definition) is 0. The van der Waals surface area contributed by atoms with E-state index in [1.54, 1.807) is 0 Å². The Morgan fingerprint density at radius 3 is 3.40 bits per heavy atom. The van der Waals surface area contributed by atoms with Crippen LogP contribution in [0.1, 0.15) is 11.0 Å². The third-order valence-corrected chi connectivity index (χ3v) is 0.919. The molecule has 0 radical (unpaired) electrons. The highest BCUT2D eigenvalue weighted by molar-refractivity contribution is 5.16. The lowest BCUT2D eigenvalue weighted by Gasteiger charge is -1.99. The molecule has 1 aromatic rings. The second kappa shape index (κ2) is 3.15. The Hall–Kier alpha value is -1.12. The van der Waals surface area contributed by atoms with Gasteiger partial charge in [0.05, 0.1) is 19.0 Å². The lowest BCUT2D eigenvalue weighted by molar-refractivity contribution is 0.336. The Morgan fingerprint density at radius 2 is 2.70 bits per heavy atom. The van der Waals surface area contributed by atoms with Crippen LogP contribution in [-0.4, -0.2) is 11.6 Å². The van der Waals surface area contributed by atoms with E-state index in [0.717, 1.165) is 12.3 Å². The zero-order chi connectivity index (χ0) is 9.90. The van der Waals surface area contributed by atoms with Crippen LogP contribution < -0.4 is 4.74 Å². The van der Waals surface area contributed by atoms with Crippen LogP contribution in [0.2, 0.25) is 0 Å². The molecule has 0 aliphatic rings. The summed E-state index contributed by atoms with van der Waals surface area (Å²) in [4.78, 5) is 3.50. The third-order valence-electron chi connectivity index (χ3n) is 0.919. The standard InChI is InChI=1S/C7H8FNO/c1-2-10-7-3-6(8)4-9-5-7/h3-5H,2H2,1H3/i1D3. The van der Waals surface area contributed by atoms with E-state index in [0.29, 0.717) is 0 Å². The first-order chi connectivity index (χ1) is 5.97. The first-order valence-electron chi connectivity index (χ1n) is 4.21. The minimum Gasteiger partial charge on any atom is -0.492 e. The Labute approximate surface area is 62.9 Å². The maximum Gasteiger partial charge on any atom is 0.145 e. The summed E-state index contributed by atoms with van der Waals surface area (Å²) in [7, 11) is 0. The molecule has 1 rings (SSSR count). The van der Waals surface area contributed by atoms with Crippen LogP contribution in [0.4, 0.5) is 4.39 Å². The molecule has 3 heteroatoms. The highest BCUT2D eigenvalue weighted by Crippen LogP contribution is 2.08. The van der Waals surface area contributed by atoms with Gasteiger partial charge in [0.25, 0.3) is 0 Å². The predicted molar refractivity (Wildman–Crippen MR) is 35.4 cm³/mol. The SMILES string of the molecule is [2H]C([2H])([2H])COc1cncc(F)c1. The van der Waals surface area contributed by atoms with Crippen LogP contribution in [0.25, 0.3) is 0 Å². The molecular formula is C7H8FNO. The van der Waals surface area contributed by atoms with E-state index in [-0.39, 0.29) is 5.75 Å². The van der Waals surface area contributed by atoms with E-state index in [1.165, 1.54) is 6.20 Å². The Kier molecular flexibility index (Phi) is 1.23. The summed E-state index contributed by atoms with van der Waals surface area (Å²) < 4.78 is 37.8. The van der Waals surface area contributed by atoms with Gasteiger partial charge in [-0.25, -0.2) is 4.39 Å². The molecule has 0 fully saturated rings. The van der Waals surface area contributed by atoms with Crippen molar-refractivity contribution in [3.63, 3.8) is 0 Å². The summed E-state index contributed by atoms with van der Waals surface area (Å²) in [6.07, 6.45) is 2.27. The molecule has 1 heterocycles. The molecule has 0 atom stereocenters. The van der Waals surface area contributed by atoms with E-state index in [2.05, 4.69) is 4.98 Å². The number of ether oxygens (including phenoxy) is 1. The van der Waals surface area contributed by atoms with Crippen molar-refractivity contribution in [3.8, 4) is 5.75 Å². The second-order valence-corrected chi connectivity index (χ2v) is 1.63. The van der Waals surface area contributed by atoms with Crippen molar-refractivity contribution >= 4 is 0 Å². The van der Waals surface area contributed by atoms with Crippen LogP contribution in [0.15, 0.2) is 18.5 Å². The fourth-order valence-electron chi connectivity index (χ4n) is 0.555. The maximum absolute atomic E-state index is 12.5. The summed E-state index contributed by atoms with van der Waals surface area (Å²) >= 11 is 0. The highest BCUT2D eigenvalue weighted by atomic mass is 19.1. The average molecular weight is 144 g/mol. The molecule has 54 valence electrons. The number of halogens is 1. The molecule has 2 nitrogen and oxygen atoms in total. The first-order valence-corrected chi connectivity index (χ1v) is 2.71. The predicted octanol–water partition coefficient (Wildman–Crippen LogP) is 1.62. The van der Waals surface area contributed by atoms with Gasteiger partial charge in [0.2, 0.25) is 0 Å². The molecule has 0 spiro atoms. The van der Waals surface area contributed by atoms with Gasteiger partial charge < -0.3 is 4.74 Å². The molecule has 1 aromatic heterocycles. The number of hydrogen-bond acceptors (Lipinski definition) is 2. The molecule has 0 N–H and O–H groups in total. The molecule has 0 aromatic carbocycles. The minimum absolute atomic E-state index is 0.121. The van der Waals surface area contributed by atoms with Gasteiger partial charge >= 0.3 is 0 Å². The van der Waals surface area contributed by atoms with Gasteiger partial charge in [0.1, 0.15) is 11.6 Å². The van der Waals surface area contributed by atoms with Crippen molar-refractivity contribution in [2.24, 2.45) is 0 Å². The van der Waals surface area contributed by atoms with Crippen molar-refractivity contribution in [1.82, 2.24) is 4.98 Å². The summed E-state index contributed by atoms with van der Waals surface area (Å²) in [6.45, 7) is -2.62. The molecule has 0 saturated carbocycles. The van der Waals surface area contributed by atoms with Gasteiger partial charge in [-0.3, -0.25) is 4.98 Å². The van der Waals surface area contributed by atoms with Crippen LogP contribution >= 0.6 is 0 Å². The second-order valence-electron chi connectivity index (χ2n) is 1.63. The summed E-state index contributed by atoms with van der Waals surface area (Å²) in [5.74, 6) is -0.431. The Bertz CT molecular complexity index is 289. The van der Waals surface area contributed by atoms with Crippen LogP contribution in [0, 0.1) is 5.82 Å².